The lowest BCUT2D eigenvalue weighted by Gasteiger charge is -2.23. The van der Waals surface area contributed by atoms with Crippen LogP contribution in [0.2, 0.25) is 0 Å². The number of nitrogens with zero attached hydrogens (tertiary/aromatic N) is 2. The standard InChI is InChI=1S/C23H25N3O2/c1-3-26(19-7-5-4-6-8-19)20-14-16-24-22(17-20)23(27)25-15-13-18-9-11-21(28-2)12-10-18/h4-12,14,16-17H,3,13,15H2,1-2H3,(H,25,27). The molecule has 0 aliphatic rings. The number of carbonyl (C=O) groups excluding carboxylic acids is 1. The van der Waals surface area contributed by atoms with E-state index in [2.05, 4.69) is 34.3 Å². The smallest absolute Gasteiger partial charge is 0.269 e. The summed E-state index contributed by atoms with van der Waals surface area (Å²) < 4.78 is 5.16. The molecule has 0 aliphatic heterocycles. The predicted octanol–water partition coefficient (Wildman–Crippen LogP) is 4.22. The molecule has 3 aromatic rings. The van der Waals surface area contributed by atoms with Crippen LogP contribution >= 0.6 is 0 Å². The average molecular weight is 375 g/mol. The second-order valence-electron chi connectivity index (χ2n) is 6.33. The molecule has 0 unspecified atom stereocenters. The normalized spacial score (nSPS) is 10.4. The topological polar surface area (TPSA) is 54.5 Å². The van der Waals surface area contributed by atoms with Gasteiger partial charge in [0.25, 0.3) is 5.91 Å². The molecule has 5 nitrogen and oxygen atoms in total. The van der Waals surface area contributed by atoms with Gasteiger partial charge in [0.2, 0.25) is 0 Å². The SMILES string of the molecule is CCN(c1ccccc1)c1ccnc(C(=O)NCCc2ccc(OC)cc2)c1. The van der Waals surface area contributed by atoms with Crippen LogP contribution in [0.5, 0.6) is 5.75 Å². The molecule has 0 aliphatic carbocycles. The summed E-state index contributed by atoms with van der Waals surface area (Å²) in [5, 5.41) is 2.95. The van der Waals surface area contributed by atoms with Gasteiger partial charge in [0.1, 0.15) is 11.4 Å². The zero-order valence-electron chi connectivity index (χ0n) is 16.3. The third kappa shape index (κ3) is 4.88. The van der Waals surface area contributed by atoms with E-state index in [0.717, 1.165) is 35.7 Å². The number of rotatable bonds is 8. The summed E-state index contributed by atoms with van der Waals surface area (Å²) in [7, 11) is 1.65. The first kappa shape index (κ1) is 19.4. The number of hydrogen-bond donors (Lipinski definition) is 1. The summed E-state index contributed by atoms with van der Waals surface area (Å²) in [4.78, 5) is 18.9. The van der Waals surface area contributed by atoms with Crippen LogP contribution in [-0.2, 0) is 6.42 Å². The molecule has 0 radical (unpaired) electrons. The fourth-order valence-corrected chi connectivity index (χ4v) is 3.04. The van der Waals surface area contributed by atoms with Crippen LogP contribution in [0.15, 0.2) is 72.9 Å². The molecule has 0 fully saturated rings. The molecule has 0 saturated carbocycles. The molecule has 1 heterocycles. The second-order valence-corrected chi connectivity index (χ2v) is 6.33. The number of carbonyl (C=O) groups is 1. The van der Waals surface area contributed by atoms with E-state index in [1.54, 1.807) is 13.3 Å². The first-order valence-corrected chi connectivity index (χ1v) is 9.41. The maximum absolute atomic E-state index is 12.5. The van der Waals surface area contributed by atoms with E-state index in [1.165, 1.54) is 0 Å². The van der Waals surface area contributed by atoms with Gasteiger partial charge >= 0.3 is 0 Å². The molecule has 1 N–H and O–H groups in total. The third-order valence-corrected chi connectivity index (χ3v) is 4.53. The summed E-state index contributed by atoms with van der Waals surface area (Å²) in [5.74, 6) is 0.659. The highest BCUT2D eigenvalue weighted by atomic mass is 16.5. The Kier molecular flexibility index (Phi) is 6.63. The first-order valence-electron chi connectivity index (χ1n) is 9.41. The average Bonchev–Trinajstić information content (AvgIpc) is 2.76. The number of benzene rings is 2. The van der Waals surface area contributed by atoms with Crippen LogP contribution in [-0.4, -0.2) is 31.1 Å². The summed E-state index contributed by atoms with van der Waals surface area (Å²) in [6, 6.07) is 21.7. The fraction of sp³-hybridized carbons (Fsp3) is 0.217. The Labute approximate surface area is 166 Å². The zero-order valence-corrected chi connectivity index (χ0v) is 16.3. The van der Waals surface area contributed by atoms with E-state index in [1.807, 2.05) is 54.6 Å². The van der Waals surface area contributed by atoms with Crippen molar-refractivity contribution in [2.24, 2.45) is 0 Å². The highest BCUT2D eigenvalue weighted by Gasteiger charge is 2.12. The molecule has 0 saturated heterocycles. The van der Waals surface area contributed by atoms with E-state index in [4.69, 9.17) is 4.74 Å². The zero-order chi connectivity index (χ0) is 19.8. The van der Waals surface area contributed by atoms with Crippen molar-refractivity contribution in [3.8, 4) is 5.75 Å². The Morgan fingerprint density at radius 3 is 2.46 bits per heavy atom. The van der Waals surface area contributed by atoms with E-state index >= 15 is 0 Å². The monoisotopic (exact) mass is 375 g/mol. The minimum Gasteiger partial charge on any atom is -0.497 e. The van der Waals surface area contributed by atoms with Gasteiger partial charge in [-0.1, -0.05) is 30.3 Å². The van der Waals surface area contributed by atoms with Crippen LogP contribution in [0.3, 0.4) is 0 Å². The summed E-state index contributed by atoms with van der Waals surface area (Å²) in [6.45, 7) is 3.43. The molecule has 144 valence electrons. The van der Waals surface area contributed by atoms with Crippen LogP contribution in [0.25, 0.3) is 0 Å². The van der Waals surface area contributed by atoms with E-state index in [0.29, 0.717) is 12.2 Å². The van der Waals surface area contributed by atoms with Crippen molar-refractivity contribution in [1.29, 1.82) is 0 Å². The molecule has 1 aromatic heterocycles. The fourth-order valence-electron chi connectivity index (χ4n) is 3.04. The minimum absolute atomic E-state index is 0.167. The molecule has 2 aromatic carbocycles. The minimum atomic E-state index is -0.167. The lowest BCUT2D eigenvalue weighted by atomic mass is 10.1. The summed E-state index contributed by atoms with van der Waals surface area (Å²) in [6.07, 6.45) is 2.43. The Hall–Kier alpha value is -3.34. The number of hydrogen-bond acceptors (Lipinski definition) is 4. The van der Waals surface area contributed by atoms with Crippen molar-refractivity contribution in [2.45, 2.75) is 13.3 Å². The maximum Gasteiger partial charge on any atom is 0.269 e. The van der Waals surface area contributed by atoms with Gasteiger partial charge in [-0.2, -0.15) is 0 Å². The molecule has 5 heteroatoms. The highest BCUT2D eigenvalue weighted by molar-refractivity contribution is 5.93. The van der Waals surface area contributed by atoms with Gasteiger partial charge in [-0.05, 0) is 55.3 Å². The number of amides is 1. The van der Waals surface area contributed by atoms with Gasteiger partial charge in [0.05, 0.1) is 7.11 Å². The molecule has 0 atom stereocenters. The predicted molar refractivity (Wildman–Crippen MR) is 112 cm³/mol. The lowest BCUT2D eigenvalue weighted by Crippen LogP contribution is -2.27. The Bertz CT molecular complexity index is 895. The van der Waals surface area contributed by atoms with Crippen LogP contribution in [0, 0.1) is 0 Å². The Morgan fingerprint density at radius 2 is 1.79 bits per heavy atom. The third-order valence-electron chi connectivity index (χ3n) is 4.53. The van der Waals surface area contributed by atoms with Crippen molar-refractivity contribution in [3.63, 3.8) is 0 Å². The number of methoxy groups -OCH3 is 1. The van der Waals surface area contributed by atoms with Gasteiger partial charge in [0, 0.05) is 30.7 Å². The number of anilines is 2. The van der Waals surface area contributed by atoms with Gasteiger partial charge in [-0.3, -0.25) is 9.78 Å². The quantitative estimate of drug-likeness (QED) is 0.640. The van der Waals surface area contributed by atoms with Crippen molar-refractivity contribution < 1.29 is 9.53 Å². The van der Waals surface area contributed by atoms with Crippen LogP contribution < -0.4 is 15.0 Å². The van der Waals surface area contributed by atoms with Crippen molar-refractivity contribution >= 4 is 17.3 Å². The number of aromatic nitrogens is 1. The Morgan fingerprint density at radius 1 is 1.04 bits per heavy atom. The largest absolute Gasteiger partial charge is 0.497 e. The van der Waals surface area contributed by atoms with Gasteiger partial charge in [-0.15, -0.1) is 0 Å². The molecular weight excluding hydrogens is 350 g/mol. The Balaban J connectivity index is 1.63. The number of pyridine rings is 1. The van der Waals surface area contributed by atoms with E-state index in [9.17, 15) is 4.79 Å². The number of nitrogens with one attached hydrogen (secondary N) is 1. The molecular formula is C23H25N3O2. The van der Waals surface area contributed by atoms with Gasteiger partial charge < -0.3 is 15.0 Å². The van der Waals surface area contributed by atoms with Crippen LogP contribution in [0.4, 0.5) is 11.4 Å². The lowest BCUT2D eigenvalue weighted by molar-refractivity contribution is 0.0949. The number of ether oxygens (including phenoxy) is 1. The van der Waals surface area contributed by atoms with Crippen molar-refractivity contribution in [2.75, 3.05) is 25.1 Å². The molecule has 3 rings (SSSR count). The van der Waals surface area contributed by atoms with Gasteiger partial charge in [-0.25, -0.2) is 0 Å². The van der Waals surface area contributed by atoms with Gasteiger partial charge in [0.15, 0.2) is 0 Å². The summed E-state index contributed by atoms with van der Waals surface area (Å²) in [5.41, 5.74) is 3.59. The molecule has 0 spiro atoms. The van der Waals surface area contributed by atoms with E-state index < -0.39 is 0 Å². The molecule has 1 amide bonds. The van der Waals surface area contributed by atoms with Crippen molar-refractivity contribution in [3.05, 3.63) is 84.2 Å². The van der Waals surface area contributed by atoms with Crippen molar-refractivity contribution in [1.82, 2.24) is 10.3 Å². The number of para-hydroxylation sites is 1. The second kappa shape index (κ2) is 9.55. The molecule has 0 bridgehead atoms. The maximum atomic E-state index is 12.5. The molecule has 28 heavy (non-hydrogen) atoms. The highest BCUT2D eigenvalue weighted by Crippen LogP contribution is 2.24. The van der Waals surface area contributed by atoms with Crippen LogP contribution in [0.1, 0.15) is 23.0 Å². The van der Waals surface area contributed by atoms with E-state index in [-0.39, 0.29) is 5.91 Å². The summed E-state index contributed by atoms with van der Waals surface area (Å²) >= 11 is 0. The first-order chi connectivity index (χ1) is 13.7.